The fourth-order valence-electron chi connectivity index (χ4n) is 3.92. The van der Waals surface area contributed by atoms with E-state index in [0.29, 0.717) is 46.1 Å². The summed E-state index contributed by atoms with van der Waals surface area (Å²) in [5, 5.41) is 15.2. The molecular formula is C28H24F3N3O4. The lowest BCUT2D eigenvalue weighted by Crippen LogP contribution is -2.34. The molecule has 4 rings (SSSR count). The number of aromatic nitrogens is 1. The number of anilines is 2. The first-order chi connectivity index (χ1) is 18.2. The van der Waals surface area contributed by atoms with Crippen LogP contribution in [0.2, 0.25) is 0 Å². The summed E-state index contributed by atoms with van der Waals surface area (Å²) in [6.07, 6.45) is 0.268. The summed E-state index contributed by atoms with van der Waals surface area (Å²) >= 11 is 0. The van der Waals surface area contributed by atoms with Crippen LogP contribution in [0.25, 0.3) is 5.57 Å². The van der Waals surface area contributed by atoms with Crippen molar-refractivity contribution in [3.05, 3.63) is 101 Å². The highest BCUT2D eigenvalue weighted by molar-refractivity contribution is 6.03. The number of ether oxygens (including phenoxy) is 1. The van der Waals surface area contributed by atoms with Gasteiger partial charge < -0.3 is 20.5 Å². The lowest BCUT2D eigenvalue weighted by atomic mass is 9.97. The molecule has 196 valence electrons. The quantitative estimate of drug-likeness (QED) is 0.300. The van der Waals surface area contributed by atoms with Gasteiger partial charge in [0.1, 0.15) is 6.10 Å². The third-order valence-corrected chi connectivity index (χ3v) is 5.77. The van der Waals surface area contributed by atoms with E-state index < -0.39 is 29.7 Å². The van der Waals surface area contributed by atoms with Crippen molar-refractivity contribution in [3.63, 3.8) is 0 Å². The minimum atomic E-state index is -4.46. The van der Waals surface area contributed by atoms with E-state index in [9.17, 15) is 27.9 Å². The summed E-state index contributed by atoms with van der Waals surface area (Å²) < 4.78 is 44.5. The Morgan fingerprint density at radius 3 is 2.55 bits per heavy atom. The van der Waals surface area contributed by atoms with E-state index >= 15 is 0 Å². The second-order valence-corrected chi connectivity index (χ2v) is 8.36. The van der Waals surface area contributed by atoms with Gasteiger partial charge in [-0.05, 0) is 48.4 Å². The van der Waals surface area contributed by atoms with Crippen LogP contribution in [-0.2, 0) is 22.2 Å². The van der Waals surface area contributed by atoms with Crippen LogP contribution in [0.5, 0.6) is 5.88 Å². The number of hydrogen-bond acceptors (Lipinski definition) is 5. The summed E-state index contributed by atoms with van der Waals surface area (Å²) in [7, 11) is 0. The molecule has 1 unspecified atom stereocenters. The van der Waals surface area contributed by atoms with Gasteiger partial charge >= 0.3 is 6.18 Å². The normalized spacial score (nSPS) is 15.7. The second kappa shape index (κ2) is 11.3. The number of nitrogens with zero attached hydrogens (tertiary/aromatic N) is 1. The van der Waals surface area contributed by atoms with Gasteiger partial charge in [-0.15, -0.1) is 0 Å². The Labute approximate surface area is 216 Å². The zero-order chi connectivity index (χ0) is 27.3. The van der Waals surface area contributed by atoms with Gasteiger partial charge in [-0.3, -0.25) is 9.59 Å². The number of aliphatic hydroxyl groups is 1. The average molecular weight is 524 g/mol. The van der Waals surface area contributed by atoms with Gasteiger partial charge in [0.2, 0.25) is 11.8 Å². The monoisotopic (exact) mass is 523 g/mol. The Balaban J connectivity index is 1.59. The molecule has 1 atom stereocenters. The molecule has 0 bridgehead atoms. The van der Waals surface area contributed by atoms with E-state index in [1.165, 1.54) is 30.5 Å². The Morgan fingerprint density at radius 1 is 1.16 bits per heavy atom. The van der Waals surface area contributed by atoms with Gasteiger partial charge in [-0.25, -0.2) is 4.98 Å². The predicted octanol–water partition coefficient (Wildman–Crippen LogP) is 4.98. The van der Waals surface area contributed by atoms with Crippen LogP contribution in [0.4, 0.5) is 24.5 Å². The van der Waals surface area contributed by atoms with Gasteiger partial charge in [-0.2, -0.15) is 13.2 Å². The van der Waals surface area contributed by atoms with Gasteiger partial charge in [-0.1, -0.05) is 30.4 Å². The summed E-state index contributed by atoms with van der Waals surface area (Å²) in [6, 6.07) is 13.1. The molecule has 0 fully saturated rings. The van der Waals surface area contributed by atoms with Crippen LogP contribution in [0.15, 0.2) is 79.0 Å². The SMILES string of the molecule is CCOc1ccc(C(=CC=CC(=O)Nc2cccc3c2CC(O)C(=O)N3)c2ccc(C(F)(F)F)cc2)cn1. The van der Waals surface area contributed by atoms with Crippen molar-refractivity contribution >= 4 is 28.8 Å². The summed E-state index contributed by atoms with van der Waals surface area (Å²) in [6.45, 7) is 2.25. The molecule has 38 heavy (non-hydrogen) atoms. The van der Waals surface area contributed by atoms with Crippen molar-refractivity contribution in [2.24, 2.45) is 0 Å². The lowest BCUT2D eigenvalue weighted by molar-refractivity contribution is -0.137. The maximum atomic E-state index is 13.0. The molecule has 2 amide bonds. The molecule has 1 aliphatic rings. The summed E-state index contributed by atoms with van der Waals surface area (Å²) in [5.41, 5.74) is 2.43. The van der Waals surface area contributed by atoms with E-state index in [1.54, 1.807) is 36.4 Å². The van der Waals surface area contributed by atoms with E-state index in [1.807, 2.05) is 6.92 Å². The Morgan fingerprint density at radius 2 is 1.89 bits per heavy atom. The third-order valence-electron chi connectivity index (χ3n) is 5.77. The van der Waals surface area contributed by atoms with Crippen molar-refractivity contribution < 1.29 is 32.6 Å². The molecule has 3 N–H and O–H groups in total. The topological polar surface area (TPSA) is 101 Å². The van der Waals surface area contributed by atoms with Gasteiger partial charge in [0.25, 0.3) is 5.91 Å². The molecule has 10 heteroatoms. The number of nitrogens with one attached hydrogen (secondary N) is 2. The Hall–Kier alpha value is -4.44. The van der Waals surface area contributed by atoms with Crippen LogP contribution in [0.3, 0.4) is 0 Å². The fourth-order valence-corrected chi connectivity index (χ4v) is 3.92. The van der Waals surface area contributed by atoms with E-state index in [2.05, 4.69) is 15.6 Å². The summed E-state index contributed by atoms with van der Waals surface area (Å²) in [4.78, 5) is 28.6. The molecule has 7 nitrogen and oxygen atoms in total. The molecule has 3 aromatic rings. The standard InChI is InChI=1S/C28H24F3N3O4/c1-2-38-26-14-11-18(16-32-26)20(17-9-12-19(13-10-17)28(29,30)31)5-3-8-25(36)33-22-6-4-7-23-21(22)15-24(35)27(37)34-23/h3-14,16,24,35H,2,15H2,1H3,(H,33,36)(H,34,37). The average Bonchev–Trinajstić information content (AvgIpc) is 2.88. The number of hydrogen-bond donors (Lipinski definition) is 3. The number of aliphatic hydroxyl groups excluding tert-OH is 1. The summed E-state index contributed by atoms with van der Waals surface area (Å²) in [5.74, 6) is -0.575. The molecular weight excluding hydrogens is 499 g/mol. The highest BCUT2D eigenvalue weighted by atomic mass is 19.4. The number of benzene rings is 2. The van der Waals surface area contributed by atoms with Crippen molar-refractivity contribution in [2.75, 3.05) is 17.2 Å². The van der Waals surface area contributed by atoms with Crippen LogP contribution in [-0.4, -0.2) is 34.6 Å². The number of carbonyl (C=O) groups is 2. The highest BCUT2D eigenvalue weighted by Crippen LogP contribution is 2.32. The first-order valence-corrected chi connectivity index (χ1v) is 11.7. The number of carbonyl (C=O) groups excluding carboxylic acids is 2. The molecule has 1 aliphatic heterocycles. The molecule has 0 radical (unpaired) electrons. The molecule has 2 aromatic carbocycles. The Kier molecular flexibility index (Phi) is 7.92. The smallest absolute Gasteiger partial charge is 0.416 e. The minimum absolute atomic E-state index is 0.0596. The lowest BCUT2D eigenvalue weighted by Gasteiger charge is -2.23. The number of amides is 2. The maximum absolute atomic E-state index is 13.0. The highest BCUT2D eigenvalue weighted by Gasteiger charge is 2.30. The zero-order valence-corrected chi connectivity index (χ0v) is 20.3. The molecule has 2 heterocycles. The predicted molar refractivity (Wildman–Crippen MR) is 136 cm³/mol. The molecule has 1 aromatic heterocycles. The van der Waals surface area contributed by atoms with Crippen LogP contribution < -0.4 is 15.4 Å². The van der Waals surface area contributed by atoms with E-state index in [-0.39, 0.29) is 6.42 Å². The van der Waals surface area contributed by atoms with Crippen molar-refractivity contribution in [2.45, 2.75) is 25.6 Å². The zero-order valence-electron chi connectivity index (χ0n) is 20.3. The van der Waals surface area contributed by atoms with Crippen LogP contribution >= 0.6 is 0 Å². The number of pyridine rings is 1. The van der Waals surface area contributed by atoms with Gasteiger partial charge in [0.05, 0.1) is 12.2 Å². The maximum Gasteiger partial charge on any atom is 0.416 e. The van der Waals surface area contributed by atoms with Crippen LogP contribution in [0, 0.1) is 0 Å². The molecule has 0 saturated carbocycles. The van der Waals surface area contributed by atoms with E-state index in [0.717, 1.165) is 12.1 Å². The van der Waals surface area contributed by atoms with Crippen LogP contribution in [0.1, 0.15) is 29.2 Å². The largest absolute Gasteiger partial charge is 0.478 e. The third kappa shape index (κ3) is 6.27. The number of rotatable bonds is 7. The first-order valence-electron chi connectivity index (χ1n) is 11.7. The van der Waals surface area contributed by atoms with Gasteiger partial charge in [0.15, 0.2) is 0 Å². The number of halogens is 3. The van der Waals surface area contributed by atoms with Crippen molar-refractivity contribution in [3.8, 4) is 5.88 Å². The molecule has 0 aliphatic carbocycles. The van der Waals surface area contributed by atoms with Gasteiger partial charge in [0, 0.05) is 47.3 Å². The van der Waals surface area contributed by atoms with E-state index in [4.69, 9.17) is 4.74 Å². The fraction of sp³-hybridized carbons (Fsp3) is 0.179. The number of fused-ring (bicyclic) bond motifs is 1. The number of alkyl halides is 3. The molecule has 0 saturated heterocycles. The first kappa shape index (κ1) is 26.6. The Bertz CT molecular complexity index is 1380. The number of allylic oxidation sites excluding steroid dienone is 2. The van der Waals surface area contributed by atoms with Crippen molar-refractivity contribution in [1.29, 1.82) is 0 Å². The minimum Gasteiger partial charge on any atom is -0.478 e. The van der Waals surface area contributed by atoms with Crippen molar-refractivity contribution in [1.82, 2.24) is 4.98 Å². The molecule has 0 spiro atoms. The second-order valence-electron chi connectivity index (χ2n) is 8.36.